The Kier molecular flexibility index (Phi) is 14.5. The molecule has 0 aliphatic heterocycles. The quantitative estimate of drug-likeness (QED) is 0.0862. The molecule has 1 aliphatic carbocycles. The number of pyridine rings is 1. The Morgan fingerprint density at radius 3 is 2.02 bits per heavy atom. The number of aliphatic hydroxyl groups excluding tert-OH is 1. The van der Waals surface area contributed by atoms with E-state index in [1.165, 1.54) is 48.3 Å². The third-order valence-electron chi connectivity index (χ3n) is 12.3. The molecule has 1 aliphatic rings. The number of benzene rings is 3. The van der Waals surface area contributed by atoms with Gasteiger partial charge in [-0.1, -0.05) is 143 Å². The minimum absolute atomic E-state index is 0. The SMILES string of the molecule is CC(C)C(C(=O)/C=C(\O)C(C(C)C)C(C)C)C(C)C.[2H]C([2H])([2H])c1c(-c2ccc(C3CCC(C)(C)CC3)cc2)sc2c(-c3[c-]c4ccccc4c(C(C)(C)C)c3)nccc12.[Ir]. The number of carbonyl (C=O) groups is 1. The van der Waals surface area contributed by atoms with Crippen molar-refractivity contribution in [1.82, 2.24) is 4.98 Å². The minimum atomic E-state index is -2.25. The second-order valence-corrected chi connectivity index (χ2v) is 20.8. The summed E-state index contributed by atoms with van der Waals surface area (Å²) in [5.41, 5.74) is 6.04. The summed E-state index contributed by atoms with van der Waals surface area (Å²) in [4.78, 5) is 18.0. The maximum absolute atomic E-state index is 12.3. The first kappa shape index (κ1) is 43.0. The van der Waals surface area contributed by atoms with Gasteiger partial charge in [0.25, 0.3) is 0 Å². The van der Waals surface area contributed by atoms with Crippen LogP contribution in [0.4, 0.5) is 0 Å². The molecule has 58 heavy (non-hydrogen) atoms. The molecular formula is C53H70IrNO2S-. The Balaban J connectivity index is 0.000000349. The standard InChI is InChI=1S/C36H38NS.C17H32O2.Ir/c1-23-29-17-20-37-32(28-21-27-9-7-8-10-30(27)31(22-28)35(2,3)4)34(29)38-33(23)26-13-11-24(12-14-26)25-15-18-36(5,6)19-16-25;1-10(2)16(11(3)4)14(18)9-15(19)17(12(5)6)13(7)8;/h7-14,17,20,22,25H,15-16,18-19H2,1-6H3;9-13,16-18H,1-8H3;/q-1;;/b;14-9-;/i1D3;;. The molecule has 3 aromatic carbocycles. The molecule has 1 saturated carbocycles. The van der Waals surface area contributed by atoms with Crippen LogP contribution in [0.3, 0.4) is 0 Å². The number of aliphatic hydroxyl groups is 1. The summed E-state index contributed by atoms with van der Waals surface area (Å²) in [7, 11) is 0. The molecule has 5 heteroatoms. The van der Waals surface area contributed by atoms with Crippen LogP contribution in [0.1, 0.15) is 142 Å². The van der Waals surface area contributed by atoms with Crippen molar-refractivity contribution in [1.29, 1.82) is 0 Å². The molecule has 3 nitrogen and oxygen atoms in total. The number of aryl methyl sites for hydroxylation is 1. The molecule has 2 aromatic heterocycles. The van der Waals surface area contributed by atoms with E-state index in [9.17, 15) is 9.90 Å². The average molecular weight is 980 g/mol. The number of aromatic nitrogens is 1. The van der Waals surface area contributed by atoms with Gasteiger partial charge in [0.15, 0.2) is 5.78 Å². The monoisotopic (exact) mass is 980 g/mol. The van der Waals surface area contributed by atoms with E-state index in [2.05, 4.69) is 145 Å². The van der Waals surface area contributed by atoms with E-state index in [0.717, 1.165) is 37.2 Å². The van der Waals surface area contributed by atoms with Crippen molar-refractivity contribution in [3.05, 3.63) is 101 Å². The predicted octanol–water partition coefficient (Wildman–Crippen LogP) is 15.7. The molecule has 0 saturated heterocycles. The predicted molar refractivity (Wildman–Crippen MR) is 247 cm³/mol. The summed E-state index contributed by atoms with van der Waals surface area (Å²) in [5.74, 6) is 2.21. The molecule has 1 radical (unpaired) electrons. The molecule has 315 valence electrons. The Bertz CT molecular complexity index is 2270. The van der Waals surface area contributed by atoms with Gasteiger partial charge in [0.2, 0.25) is 0 Å². The van der Waals surface area contributed by atoms with Crippen LogP contribution in [0.15, 0.2) is 78.7 Å². The van der Waals surface area contributed by atoms with Gasteiger partial charge in [-0.15, -0.1) is 40.5 Å². The Hall–Kier alpha value is -3.11. The van der Waals surface area contributed by atoms with Crippen molar-refractivity contribution in [3.63, 3.8) is 0 Å². The molecule has 0 atom stereocenters. The molecular weight excluding hydrogens is 907 g/mol. The van der Waals surface area contributed by atoms with Gasteiger partial charge >= 0.3 is 0 Å². The molecule has 0 unspecified atom stereocenters. The van der Waals surface area contributed by atoms with Crippen molar-refractivity contribution in [3.8, 4) is 21.7 Å². The van der Waals surface area contributed by atoms with Crippen LogP contribution < -0.4 is 0 Å². The van der Waals surface area contributed by atoms with Gasteiger partial charge in [0.1, 0.15) is 0 Å². The van der Waals surface area contributed by atoms with Gasteiger partial charge in [0, 0.05) is 63.6 Å². The second kappa shape index (κ2) is 19.5. The molecule has 2 heterocycles. The first-order chi connectivity index (χ1) is 27.9. The van der Waals surface area contributed by atoms with Crippen LogP contribution >= 0.6 is 11.3 Å². The fourth-order valence-corrected chi connectivity index (χ4v) is 10.5. The molecule has 1 N–H and O–H groups in total. The molecule has 0 bridgehead atoms. The zero-order valence-corrected chi connectivity index (χ0v) is 40.6. The van der Waals surface area contributed by atoms with Gasteiger partial charge in [-0.2, -0.15) is 0 Å². The fourth-order valence-electron chi connectivity index (χ4n) is 9.25. The topological polar surface area (TPSA) is 50.2 Å². The van der Waals surface area contributed by atoms with Crippen LogP contribution in [-0.2, 0) is 30.3 Å². The Morgan fingerprint density at radius 2 is 1.47 bits per heavy atom. The number of carbonyl (C=O) groups excluding carboxylic acids is 1. The second-order valence-electron chi connectivity index (χ2n) is 19.8. The van der Waals surface area contributed by atoms with Crippen LogP contribution in [-0.4, -0.2) is 15.9 Å². The first-order valence-electron chi connectivity index (χ1n) is 22.8. The van der Waals surface area contributed by atoms with Crippen molar-refractivity contribution >= 4 is 38.0 Å². The number of thiophene rings is 1. The van der Waals surface area contributed by atoms with Crippen molar-refractivity contribution in [2.75, 3.05) is 0 Å². The number of allylic oxidation sites excluding steroid dienone is 2. The van der Waals surface area contributed by atoms with Crippen LogP contribution in [0.25, 0.3) is 42.6 Å². The molecule has 0 amide bonds. The number of ketones is 1. The summed E-state index contributed by atoms with van der Waals surface area (Å²) >= 11 is 1.54. The Morgan fingerprint density at radius 1 is 0.879 bits per heavy atom. The first-order valence-corrected chi connectivity index (χ1v) is 22.2. The van der Waals surface area contributed by atoms with Gasteiger partial charge in [0.05, 0.1) is 5.76 Å². The Labute approximate surface area is 373 Å². The summed E-state index contributed by atoms with van der Waals surface area (Å²) in [5, 5.41) is 13.3. The molecule has 0 spiro atoms. The van der Waals surface area contributed by atoms with Crippen molar-refractivity contribution in [2.45, 2.75) is 134 Å². The van der Waals surface area contributed by atoms with E-state index >= 15 is 0 Å². The third-order valence-corrected chi connectivity index (χ3v) is 13.5. The molecule has 6 rings (SSSR count). The van der Waals surface area contributed by atoms with E-state index in [1.54, 1.807) is 17.5 Å². The largest absolute Gasteiger partial charge is 0.512 e. The van der Waals surface area contributed by atoms with Gasteiger partial charge < -0.3 is 5.11 Å². The van der Waals surface area contributed by atoms with E-state index in [0.29, 0.717) is 40.6 Å². The van der Waals surface area contributed by atoms with Crippen LogP contribution in [0.2, 0.25) is 0 Å². The van der Waals surface area contributed by atoms with Crippen LogP contribution in [0, 0.1) is 53.8 Å². The molecule has 1 fully saturated rings. The fraction of sp³-hybridized carbons (Fsp3) is 0.509. The summed E-state index contributed by atoms with van der Waals surface area (Å²) < 4.78 is 26.4. The zero-order chi connectivity index (χ0) is 44.5. The average Bonchev–Trinajstić information content (AvgIpc) is 3.55. The number of hydrogen-bond donors (Lipinski definition) is 1. The number of hydrogen-bond acceptors (Lipinski definition) is 4. The summed E-state index contributed by atoms with van der Waals surface area (Å²) in [6.45, 7) is 25.8. The minimum Gasteiger partial charge on any atom is -0.512 e. The van der Waals surface area contributed by atoms with Crippen LogP contribution in [0.5, 0.6) is 0 Å². The van der Waals surface area contributed by atoms with E-state index in [-0.39, 0.29) is 48.9 Å². The maximum Gasteiger partial charge on any atom is 0.162 e. The third kappa shape index (κ3) is 11.0. The summed E-state index contributed by atoms with van der Waals surface area (Å²) in [6, 6.07) is 24.7. The number of fused-ring (bicyclic) bond motifs is 2. The van der Waals surface area contributed by atoms with Crippen molar-refractivity contribution in [2.24, 2.45) is 40.9 Å². The van der Waals surface area contributed by atoms with Gasteiger partial charge in [-0.3, -0.25) is 9.78 Å². The van der Waals surface area contributed by atoms with E-state index in [4.69, 9.17) is 9.10 Å². The number of nitrogens with zero attached hydrogens (tertiary/aromatic N) is 1. The zero-order valence-electron chi connectivity index (χ0n) is 40.3. The smallest absolute Gasteiger partial charge is 0.162 e. The van der Waals surface area contributed by atoms with Gasteiger partial charge in [-0.25, -0.2) is 0 Å². The van der Waals surface area contributed by atoms with Gasteiger partial charge in [-0.05, 0) is 101 Å². The maximum atomic E-state index is 12.3. The van der Waals surface area contributed by atoms with Crippen molar-refractivity contribution < 1.29 is 34.1 Å². The van der Waals surface area contributed by atoms with E-state index in [1.807, 2.05) is 12.1 Å². The number of rotatable bonds is 10. The summed E-state index contributed by atoms with van der Waals surface area (Å²) in [6.07, 6.45) is 8.15. The normalized spacial score (nSPS) is 16.2. The molecule has 5 aromatic rings. The van der Waals surface area contributed by atoms with E-state index < -0.39 is 6.85 Å².